The van der Waals surface area contributed by atoms with Crippen LogP contribution in [0.25, 0.3) is 0 Å². The van der Waals surface area contributed by atoms with E-state index in [-0.39, 0.29) is 29.2 Å². The molecule has 134 valence electrons. The quantitative estimate of drug-likeness (QED) is 0.678. The molecule has 0 heterocycles. The Balaban J connectivity index is 2.09. The lowest BCUT2D eigenvalue weighted by molar-refractivity contribution is -0.133. The Labute approximate surface area is 150 Å². The van der Waals surface area contributed by atoms with E-state index in [0.29, 0.717) is 12.0 Å². The van der Waals surface area contributed by atoms with Crippen LogP contribution in [0.5, 0.6) is 0 Å². The zero-order chi connectivity index (χ0) is 18.6. The second-order valence-electron chi connectivity index (χ2n) is 7.80. The van der Waals surface area contributed by atoms with Gasteiger partial charge in [-0.2, -0.15) is 5.26 Å². The molecule has 5 heteroatoms. The topological polar surface area (TPSA) is 73.2 Å². The van der Waals surface area contributed by atoms with Gasteiger partial charge in [0.2, 0.25) is 5.91 Å². The molecule has 1 aliphatic carbocycles. The Morgan fingerprint density at radius 1 is 1.16 bits per heavy atom. The first-order valence-corrected chi connectivity index (χ1v) is 8.82. The van der Waals surface area contributed by atoms with Gasteiger partial charge in [-0.1, -0.05) is 45.7 Å². The van der Waals surface area contributed by atoms with Gasteiger partial charge < -0.3 is 5.32 Å². The van der Waals surface area contributed by atoms with Gasteiger partial charge in [0.15, 0.2) is 6.19 Å². The molecule has 2 amide bonds. The summed E-state index contributed by atoms with van der Waals surface area (Å²) in [5, 5.41) is 11.9. The highest BCUT2D eigenvalue weighted by atomic mass is 16.2. The fourth-order valence-corrected chi connectivity index (χ4v) is 3.27. The van der Waals surface area contributed by atoms with Crippen LogP contribution in [0.4, 0.5) is 0 Å². The van der Waals surface area contributed by atoms with Crippen LogP contribution in [0, 0.1) is 17.4 Å². The predicted molar refractivity (Wildman–Crippen MR) is 96.7 cm³/mol. The molecule has 1 aromatic rings. The number of carbonyl (C=O) groups is 2. The first kappa shape index (κ1) is 19.0. The van der Waals surface area contributed by atoms with Gasteiger partial charge in [-0.3, -0.25) is 14.5 Å². The first-order chi connectivity index (χ1) is 11.7. The Hall–Kier alpha value is -2.35. The van der Waals surface area contributed by atoms with E-state index < -0.39 is 0 Å². The van der Waals surface area contributed by atoms with Crippen LogP contribution in [0.3, 0.4) is 0 Å². The van der Waals surface area contributed by atoms with E-state index in [0.717, 1.165) is 24.2 Å². The summed E-state index contributed by atoms with van der Waals surface area (Å²) < 4.78 is 0. The third-order valence-electron chi connectivity index (χ3n) is 4.89. The molecule has 1 aliphatic rings. The molecule has 0 aromatic heterocycles. The van der Waals surface area contributed by atoms with Gasteiger partial charge in [-0.25, -0.2) is 0 Å². The molecule has 0 radical (unpaired) electrons. The summed E-state index contributed by atoms with van der Waals surface area (Å²) in [6, 6.07) is 7.39. The van der Waals surface area contributed by atoms with Crippen molar-refractivity contribution in [2.75, 3.05) is 7.05 Å². The van der Waals surface area contributed by atoms with E-state index in [1.165, 1.54) is 12.6 Å². The standard InChI is InChI=1S/C20H27N3O2/c1-20(2,3)15-11-9-14(10-12-15)18(24)22-17-8-6-5-7-16(17)19(25)23(4)13-21/h9-12,16-17H,5-8H2,1-4H3,(H,22,24)/t16-,17+/m0/s1. The number of rotatable bonds is 3. The average molecular weight is 341 g/mol. The van der Waals surface area contributed by atoms with Crippen molar-refractivity contribution in [3.8, 4) is 6.19 Å². The number of benzene rings is 1. The van der Waals surface area contributed by atoms with Crippen LogP contribution in [-0.4, -0.2) is 29.8 Å². The molecule has 25 heavy (non-hydrogen) atoms. The number of nitrogens with zero attached hydrogens (tertiary/aromatic N) is 2. The molecule has 0 aliphatic heterocycles. The van der Waals surface area contributed by atoms with Crippen LogP contribution in [0.1, 0.15) is 62.4 Å². The van der Waals surface area contributed by atoms with Crippen molar-refractivity contribution < 1.29 is 9.59 Å². The second-order valence-corrected chi connectivity index (χ2v) is 7.80. The maximum Gasteiger partial charge on any atom is 0.251 e. The van der Waals surface area contributed by atoms with Gasteiger partial charge in [0.25, 0.3) is 5.91 Å². The van der Waals surface area contributed by atoms with Crippen molar-refractivity contribution in [1.29, 1.82) is 5.26 Å². The Morgan fingerprint density at radius 2 is 1.76 bits per heavy atom. The van der Waals surface area contributed by atoms with Crippen molar-refractivity contribution in [3.63, 3.8) is 0 Å². The molecule has 1 N–H and O–H groups in total. The Morgan fingerprint density at radius 3 is 2.32 bits per heavy atom. The number of amides is 2. The maximum atomic E-state index is 12.6. The third kappa shape index (κ3) is 4.60. The van der Waals surface area contributed by atoms with Crippen molar-refractivity contribution >= 4 is 11.8 Å². The van der Waals surface area contributed by atoms with Crippen molar-refractivity contribution in [1.82, 2.24) is 10.2 Å². The fraction of sp³-hybridized carbons (Fsp3) is 0.550. The van der Waals surface area contributed by atoms with Crippen molar-refractivity contribution in [2.24, 2.45) is 5.92 Å². The molecule has 1 aromatic carbocycles. The van der Waals surface area contributed by atoms with Gasteiger partial charge in [0.05, 0.1) is 5.92 Å². The molecule has 2 atom stereocenters. The minimum Gasteiger partial charge on any atom is -0.349 e. The number of carbonyl (C=O) groups excluding carboxylic acids is 2. The van der Waals surface area contributed by atoms with Crippen LogP contribution < -0.4 is 5.32 Å². The van der Waals surface area contributed by atoms with Gasteiger partial charge in [-0.05, 0) is 36.0 Å². The summed E-state index contributed by atoms with van der Waals surface area (Å²) >= 11 is 0. The largest absolute Gasteiger partial charge is 0.349 e. The average Bonchev–Trinajstić information content (AvgIpc) is 2.60. The van der Waals surface area contributed by atoms with E-state index in [9.17, 15) is 9.59 Å². The summed E-state index contributed by atoms with van der Waals surface area (Å²) in [7, 11) is 1.47. The highest BCUT2D eigenvalue weighted by molar-refractivity contribution is 5.95. The van der Waals surface area contributed by atoms with Crippen LogP contribution >= 0.6 is 0 Å². The van der Waals surface area contributed by atoms with E-state index in [1.807, 2.05) is 30.5 Å². The molecular formula is C20H27N3O2. The van der Waals surface area contributed by atoms with Crippen LogP contribution in [-0.2, 0) is 10.2 Å². The lowest BCUT2D eigenvalue weighted by Crippen LogP contribution is -2.48. The zero-order valence-corrected chi connectivity index (χ0v) is 15.5. The minimum absolute atomic E-state index is 0.0395. The Kier molecular flexibility index (Phi) is 5.84. The minimum atomic E-state index is -0.323. The molecule has 1 saturated carbocycles. The number of hydrogen-bond donors (Lipinski definition) is 1. The monoisotopic (exact) mass is 341 g/mol. The fourth-order valence-electron chi connectivity index (χ4n) is 3.27. The lowest BCUT2D eigenvalue weighted by atomic mass is 9.83. The molecule has 1 fully saturated rings. The summed E-state index contributed by atoms with van der Waals surface area (Å²) in [4.78, 5) is 26.0. The maximum absolute atomic E-state index is 12.6. The summed E-state index contributed by atoms with van der Waals surface area (Å²) in [5.74, 6) is -0.698. The third-order valence-corrected chi connectivity index (χ3v) is 4.89. The van der Waals surface area contributed by atoms with Crippen molar-refractivity contribution in [3.05, 3.63) is 35.4 Å². The van der Waals surface area contributed by atoms with Gasteiger partial charge in [0, 0.05) is 18.7 Å². The molecule has 0 saturated heterocycles. The molecule has 5 nitrogen and oxygen atoms in total. The van der Waals surface area contributed by atoms with E-state index in [4.69, 9.17) is 5.26 Å². The molecule has 0 spiro atoms. The van der Waals surface area contributed by atoms with Gasteiger partial charge in [-0.15, -0.1) is 0 Å². The lowest BCUT2D eigenvalue weighted by Gasteiger charge is -2.32. The molecule has 0 bridgehead atoms. The van der Waals surface area contributed by atoms with Gasteiger partial charge in [0.1, 0.15) is 0 Å². The highest BCUT2D eigenvalue weighted by Crippen LogP contribution is 2.27. The number of hydrogen-bond acceptors (Lipinski definition) is 3. The summed E-state index contributed by atoms with van der Waals surface area (Å²) in [6.45, 7) is 6.39. The van der Waals surface area contributed by atoms with Crippen molar-refractivity contribution in [2.45, 2.75) is 57.9 Å². The van der Waals surface area contributed by atoms with Gasteiger partial charge >= 0.3 is 0 Å². The normalized spacial score (nSPS) is 20.4. The number of nitriles is 1. The molecule has 2 rings (SSSR count). The Bertz CT molecular complexity index is 668. The van der Waals surface area contributed by atoms with Crippen LogP contribution in [0.2, 0.25) is 0 Å². The summed E-state index contributed by atoms with van der Waals surface area (Å²) in [5.41, 5.74) is 1.81. The molecular weight excluding hydrogens is 314 g/mol. The second kappa shape index (κ2) is 7.69. The van der Waals surface area contributed by atoms with Crippen LogP contribution in [0.15, 0.2) is 24.3 Å². The summed E-state index contributed by atoms with van der Waals surface area (Å²) in [6.07, 6.45) is 5.26. The first-order valence-electron chi connectivity index (χ1n) is 8.82. The SMILES string of the molecule is CN(C#N)C(=O)[C@H]1CCCC[C@H]1NC(=O)c1ccc(C(C)(C)C)cc1. The highest BCUT2D eigenvalue weighted by Gasteiger charge is 2.34. The van der Waals surface area contributed by atoms with E-state index >= 15 is 0 Å². The predicted octanol–water partition coefficient (Wildman–Crippen LogP) is 3.21. The van der Waals surface area contributed by atoms with E-state index in [2.05, 4.69) is 26.1 Å². The zero-order valence-electron chi connectivity index (χ0n) is 15.5. The number of nitrogens with one attached hydrogen (secondary N) is 1. The van der Waals surface area contributed by atoms with E-state index in [1.54, 1.807) is 0 Å². The molecule has 0 unspecified atom stereocenters. The smallest absolute Gasteiger partial charge is 0.251 e.